The molecule has 0 spiro atoms. The van der Waals surface area contributed by atoms with Gasteiger partial charge in [0.05, 0.1) is 0 Å². The molecule has 4 rings (SSSR count). The largest absolute Gasteiger partial charge is 0.458 e. The minimum absolute atomic E-state index is 0.0681. The van der Waals surface area contributed by atoms with E-state index < -0.39 is 0 Å². The molecule has 4 aliphatic rings. The van der Waals surface area contributed by atoms with E-state index in [1.54, 1.807) is 0 Å². The van der Waals surface area contributed by atoms with Gasteiger partial charge in [0.1, 0.15) is 11.9 Å². The number of Topliss-reactive ketones (excluding diaryl/α,β-unsaturated/α-hetero) is 1. The number of hydrogen-bond donors (Lipinski definition) is 0. The molecule has 0 N–H and O–H groups in total. The average molecular weight is 453 g/mol. The van der Waals surface area contributed by atoms with E-state index >= 15 is 0 Å². The summed E-state index contributed by atoms with van der Waals surface area (Å²) in [5, 5.41) is 0. The van der Waals surface area contributed by atoms with E-state index in [4.69, 9.17) is 4.74 Å². The fraction of sp³-hybridized carbons (Fsp3) is 0.733. The van der Waals surface area contributed by atoms with Gasteiger partial charge in [0.15, 0.2) is 0 Å². The predicted molar refractivity (Wildman–Crippen MR) is 133 cm³/mol. The average Bonchev–Trinajstić information content (AvgIpc) is 3.10. The lowest BCUT2D eigenvalue weighted by molar-refractivity contribution is -0.151. The van der Waals surface area contributed by atoms with Gasteiger partial charge >= 0.3 is 5.97 Å². The van der Waals surface area contributed by atoms with E-state index in [9.17, 15) is 9.59 Å². The second-order valence-corrected chi connectivity index (χ2v) is 12.4. The summed E-state index contributed by atoms with van der Waals surface area (Å²) >= 11 is 0. The zero-order valence-electron chi connectivity index (χ0n) is 21.8. The first-order valence-electron chi connectivity index (χ1n) is 13.3. The Bertz CT molecular complexity index is 892. The number of ether oxygens (including phenoxy) is 1. The molecule has 0 heterocycles. The highest BCUT2D eigenvalue weighted by atomic mass is 16.5. The summed E-state index contributed by atoms with van der Waals surface area (Å²) in [5.74, 6) is 3.13. The molecule has 2 fully saturated rings. The van der Waals surface area contributed by atoms with Gasteiger partial charge in [0.2, 0.25) is 0 Å². The maximum absolute atomic E-state index is 12.4. The second-order valence-electron chi connectivity index (χ2n) is 12.4. The molecule has 0 amide bonds. The molecule has 4 aliphatic carbocycles. The first-order valence-corrected chi connectivity index (χ1v) is 13.3. The fourth-order valence-corrected chi connectivity index (χ4v) is 7.61. The van der Waals surface area contributed by atoms with Crippen molar-refractivity contribution in [3.8, 4) is 0 Å². The Morgan fingerprint density at radius 2 is 1.88 bits per heavy atom. The third-order valence-corrected chi connectivity index (χ3v) is 10.1. The van der Waals surface area contributed by atoms with Crippen molar-refractivity contribution in [1.29, 1.82) is 0 Å². The number of ketones is 1. The lowest BCUT2D eigenvalue weighted by Crippen LogP contribution is -2.49. The molecule has 3 nitrogen and oxygen atoms in total. The molecule has 0 radical (unpaired) electrons. The molecular weight excluding hydrogens is 408 g/mol. The van der Waals surface area contributed by atoms with Crippen LogP contribution in [-0.4, -0.2) is 17.9 Å². The molecule has 33 heavy (non-hydrogen) atoms. The van der Waals surface area contributed by atoms with Crippen molar-refractivity contribution in [2.75, 3.05) is 0 Å². The summed E-state index contributed by atoms with van der Waals surface area (Å²) in [6.45, 7) is 15.6. The topological polar surface area (TPSA) is 43.4 Å². The van der Waals surface area contributed by atoms with Crippen molar-refractivity contribution in [3.05, 3.63) is 35.5 Å². The first kappa shape index (κ1) is 24.5. The maximum Gasteiger partial charge on any atom is 0.303 e. The normalized spacial score (nSPS) is 39.9. The van der Waals surface area contributed by atoms with Crippen molar-refractivity contribution in [1.82, 2.24) is 0 Å². The molecule has 2 saturated carbocycles. The summed E-state index contributed by atoms with van der Waals surface area (Å²) in [5.41, 5.74) is 3.05. The van der Waals surface area contributed by atoms with E-state index in [1.807, 2.05) is 0 Å². The standard InChI is InChI=1S/C30H44O3/c1-18(2)19(3)8-9-20(4)24-10-11-25-23-17-28(33-21(5)31)27-16-22(32)12-14-30(27,7)26(23)13-15-29(24,25)6/h8-9,13,17-20,24-25,27-28H,10-12,14-16H2,1-7H3/b9-8+/t19-,20+,24+,25+,27+,28-,29-,30-/m0/s1. The molecular formula is C30H44O3. The summed E-state index contributed by atoms with van der Waals surface area (Å²) < 4.78 is 5.86. The molecule has 0 aromatic carbocycles. The Balaban J connectivity index is 1.67. The summed E-state index contributed by atoms with van der Waals surface area (Å²) in [7, 11) is 0. The Morgan fingerprint density at radius 1 is 1.15 bits per heavy atom. The van der Waals surface area contributed by atoms with Gasteiger partial charge in [0, 0.05) is 25.7 Å². The molecule has 0 saturated heterocycles. The van der Waals surface area contributed by atoms with Crippen LogP contribution in [0.25, 0.3) is 0 Å². The van der Waals surface area contributed by atoms with Gasteiger partial charge in [-0.2, -0.15) is 0 Å². The number of esters is 1. The van der Waals surface area contributed by atoms with Crippen LogP contribution in [0.5, 0.6) is 0 Å². The van der Waals surface area contributed by atoms with Gasteiger partial charge in [-0.3, -0.25) is 9.59 Å². The third kappa shape index (κ3) is 4.19. The van der Waals surface area contributed by atoms with Gasteiger partial charge in [0.25, 0.3) is 0 Å². The van der Waals surface area contributed by atoms with Crippen LogP contribution in [0.15, 0.2) is 35.5 Å². The van der Waals surface area contributed by atoms with Crippen LogP contribution in [0.2, 0.25) is 0 Å². The molecule has 0 aromatic rings. The SMILES string of the molecule is CC(=O)O[C@H]1C=C2C(=CC[C@]3(C)[C@@H]2CC[C@@H]3[C@H](C)/C=C/[C@H](C)C(C)C)[C@]2(C)CCC(=O)C[C@H]12. The molecule has 0 aromatic heterocycles. The highest BCUT2D eigenvalue weighted by Gasteiger charge is 2.57. The Labute approximate surface area is 201 Å². The van der Waals surface area contributed by atoms with E-state index in [1.165, 1.54) is 30.9 Å². The molecule has 0 bridgehead atoms. The minimum Gasteiger partial charge on any atom is -0.458 e. The van der Waals surface area contributed by atoms with Crippen LogP contribution in [0.4, 0.5) is 0 Å². The molecule has 0 aliphatic heterocycles. The highest BCUT2D eigenvalue weighted by molar-refractivity contribution is 5.80. The lowest BCUT2D eigenvalue weighted by Gasteiger charge is -2.54. The van der Waals surface area contributed by atoms with E-state index in [2.05, 4.69) is 65.8 Å². The Kier molecular flexibility index (Phi) is 6.57. The molecule has 8 atom stereocenters. The van der Waals surface area contributed by atoms with Crippen LogP contribution in [0.1, 0.15) is 87.0 Å². The predicted octanol–water partition coefficient (Wildman–Crippen LogP) is 7.08. The molecule has 182 valence electrons. The number of hydrogen-bond acceptors (Lipinski definition) is 3. The van der Waals surface area contributed by atoms with Crippen molar-refractivity contribution in [2.45, 2.75) is 93.1 Å². The van der Waals surface area contributed by atoms with E-state index in [0.29, 0.717) is 48.2 Å². The Morgan fingerprint density at radius 3 is 2.55 bits per heavy atom. The zero-order valence-corrected chi connectivity index (χ0v) is 21.8. The summed E-state index contributed by atoms with van der Waals surface area (Å²) in [6.07, 6.45) is 15.0. The number of allylic oxidation sites excluding steroid dienone is 5. The number of rotatable bonds is 5. The minimum atomic E-state index is -0.283. The lowest BCUT2D eigenvalue weighted by atomic mass is 9.51. The van der Waals surface area contributed by atoms with Crippen molar-refractivity contribution in [3.63, 3.8) is 0 Å². The van der Waals surface area contributed by atoms with Crippen LogP contribution in [-0.2, 0) is 14.3 Å². The van der Waals surface area contributed by atoms with Crippen LogP contribution in [0, 0.1) is 46.3 Å². The number of carbonyl (C=O) groups excluding carboxylic acids is 2. The van der Waals surface area contributed by atoms with E-state index in [-0.39, 0.29) is 28.8 Å². The van der Waals surface area contributed by atoms with E-state index in [0.717, 1.165) is 12.8 Å². The monoisotopic (exact) mass is 452 g/mol. The van der Waals surface area contributed by atoms with Crippen LogP contribution < -0.4 is 0 Å². The van der Waals surface area contributed by atoms with Gasteiger partial charge in [-0.1, -0.05) is 59.8 Å². The Hall–Kier alpha value is -1.64. The van der Waals surface area contributed by atoms with Gasteiger partial charge in [-0.05, 0) is 83.3 Å². The summed E-state index contributed by atoms with van der Waals surface area (Å²) in [4.78, 5) is 24.3. The number of fused-ring (bicyclic) bond motifs is 5. The van der Waals surface area contributed by atoms with Gasteiger partial charge in [-0.25, -0.2) is 0 Å². The second kappa shape index (κ2) is 8.86. The third-order valence-electron chi connectivity index (χ3n) is 10.1. The fourth-order valence-electron chi connectivity index (χ4n) is 7.61. The maximum atomic E-state index is 12.4. The van der Waals surface area contributed by atoms with Gasteiger partial charge < -0.3 is 4.74 Å². The van der Waals surface area contributed by atoms with Gasteiger partial charge in [-0.15, -0.1) is 0 Å². The van der Waals surface area contributed by atoms with Crippen LogP contribution in [0.3, 0.4) is 0 Å². The van der Waals surface area contributed by atoms with Crippen LogP contribution >= 0.6 is 0 Å². The van der Waals surface area contributed by atoms with Crippen molar-refractivity contribution < 1.29 is 14.3 Å². The van der Waals surface area contributed by atoms with Crippen molar-refractivity contribution in [2.24, 2.45) is 46.3 Å². The van der Waals surface area contributed by atoms with Crippen molar-refractivity contribution >= 4 is 11.8 Å². The smallest absolute Gasteiger partial charge is 0.303 e. The number of carbonyl (C=O) groups is 2. The molecule has 0 unspecified atom stereocenters. The quantitative estimate of drug-likeness (QED) is 0.331. The highest BCUT2D eigenvalue weighted by Crippen LogP contribution is 2.64. The molecule has 3 heteroatoms. The first-order chi connectivity index (χ1) is 15.5. The summed E-state index contributed by atoms with van der Waals surface area (Å²) in [6, 6.07) is 0. The zero-order chi connectivity index (χ0) is 24.1.